The maximum Gasteiger partial charge on any atom is 0.115 e. The Morgan fingerprint density at radius 3 is 2.29 bits per heavy atom. The number of phenols is 1. The number of nitrogens with two attached hydrogens (primary N) is 1. The maximum absolute atomic E-state index is 9.10. The zero-order chi connectivity index (χ0) is 10.6. The highest BCUT2D eigenvalue weighted by Gasteiger charge is 2.10. The number of hydrogen-bond donors (Lipinski definition) is 3. The fraction of sp³-hybridized carbons (Fsp3) is 0.455. The van der Waals surface area contributed by atoms with Gasteiger partial charge < -0.3 is 16.2 Å². The van der Waals surface area contributed by atoms with E-state index in [4.69, 9.17) is 10.8 Å². The summed E-state index contributed by atoms with van der Waals surface area (Å²) in [5, 5.41) is 12.4. The summed E-state index contributed by atoms with van der Waals surface area (Å²) in [6, 6.07) is 7.30. The highest BCUT2D eigenvalue weighted by molar-refractivity contribution is 5.46. The van der Waals surface area contributed by atoms with Gasteiger partial charge in [0.25, 0.3) is 0 Å². The molecule has 4 N–H and O–H groups in total. The van der Waals surface area contributed by atoms with E-state index in [1.807, 2.05) is 12.1 Å². The predicted octanol–water partition coefficient (Wildman–Crippen LogP) is 1.79. The van der Waals surface area contributed by atoms with Crippen LogP contribution in [0.15, 0.2) is 24.3 Å². The van der Waals surface area contributed by atoms with E-state index < -0.39 is 0 Å². The summed E-state index contributed by atoms with van der Waals surface area (Å²) >= 11 is 0. The molecule has 0 saturated heterocycles. The lowest BCUT2D eigenvalue weighted by molar-refractivity contribution is 0.475. The quantitative estimate of drug-likeness (QED) is 0.640. The highest BCUT2D eigenvalue weighted by Crippen LogP contribution is 2.16. The Hall–Kier alpha value is -1.22. The number of hydrogen-bond acceptors (Lipinski definition) is 3. The lowest BCUT2D eigenvalue weighted by Gasteiger charge is -2.21. The minimum absolute atomic E-state index is 0.277. The molecule has 0 amide bonds. The molecule has 78 valence electrons. The molecule has 3 nitrogen and oxygen atoms in total. The van der Waals surface area contributed by atoms with Crippen LogP contribution in [-0.4, -0.2) is 17.7 Å². The van der Waals surface area contributed by atoms with Crippen LogP contribution in [-0.2, 0) is 0 Å². The lowest BCUT2D eigenvalue weighted by atomic mass is 10.0. The van der Waals surface area contributed by atoms with Crippen LogP contribution < -0.4 is 11.1 Å². The van der Waals surface area contributed by atoms with E-state index in [2.05, 4.69) is 19.2 Å². The molecular weight excluding hydrogens is 176 g/mol. The van der Waals surface area contributed by atoms with Crippen LogP contribution in [0.2, 0.25) is 0 Å². The number of aromatic hydroxyl groups is 1. The van der Waals surface area contributed by atoms with Crippen LogP contribution in [0.3, 0.4) is 0 Å². The molecule has 1 atom stereocenters. The van der Waals surface area contributed by atoms with Gasteiger partial charge in [0.1, 0.15) is 5.75 Å². The Kier molecular flexibility index (Phi) is 3.77. The summed E-state index contributed by atoms with van der Waals surface area (Å²) in [6.45, 7) is 4.87. The summed E-state index contributed by atoms with van der Waals surface area (Å²) in [5.41, 5.74) is 6.63. The number of benzene rings is 1. The average Bonchev–Trinajstić information content (AvgIpc) is 2.16. The first kappa shape index (κ1) is 10.9. The van der Waals surface area contributed by atoms with Crippen molar-refractivity contribution < 1.29 is 5.11 Å². The van der Waals surface area contributed by atoms with Gasteiger partial charge in [0.2, 0.25) is 0 Å². The van der Waals surface area contributed by atoms with Crippen molar-refractivity contribution >= 4 is 5.69 Å². The first-order valence-electron chi connectivity index (χ1n) is 4.89. The van der Waals surface area contributed by atoms with Gasteiger partial charge in [-0.2, -0.15) is 0 Å². The standard InChI is InChI=1S/C11H18N2O/c1-8(2)11(7-12)13-9-3-5-10(14)6-4-9/h3-6,8,11,13-14H,7,12H2,1-2H3. The largest absolute Gasteiger partial charge is 0.508 e. The van der Waals surface area contributed by atoms with E-state index in [1.165, 1.54) is 0 Å². The molecule has 3 heteroatoms. The van der Waals surface area contributed by atoms with Crippen LogP contribution >= 0.6 is 0 Å². The topological polar surface area (TPSA) is 58.3 Å². The Balaban J connectivity index is 2.63. The summed E-state index contributed by atoms with van der Waals surface area (Å²) in [6.07, 6.45) is 0. The summed E-state index contributed by atoms with van der Waals surface area (Å²) < 4.78 is 0. The number of nitrogens with one attached hydrogen (secondary N) is 1. The molecule has 0 spiro atoms. The zero-order valence-corrected chi connectivity index (χ0v) is 8.70. The van der Waals surface area contributed by atoms with E-state index >= 15 is 0 Å². The molecule has 1 unspecified atom stereocenters. The molecule has 0 bridgehead atoms. The van der Waals surface area contributed by atoms with Crippen molar-refractivity contribution in [2.45, 2.75) is 19.9 Å². The van der Waals surface area contributed by atoms with Gasteiger partial charge in [-0.15, -0.1) is 0 Å². The molecule has 1 rings (SSSR count). The molecule has 0 aromatic heterocycles. The van der Waals surface area contributed by atoms with Gasteiger partial charge in [-0.3, -0.25) is 0 Å². The first-order valence-corrected chi connectivity index (χ1v) is 4.89. The van der Waals surface area contributed by atoms with Crippen molar-refractivity contribution in [3.05, 3.63) is 24.3 Å². The number of phenolic OH excluding ortho intramolecular Hbond substituents is 1. The fourth-order valence-electron chi connectivity index (χ4n) is 1.27. The monoisotopic (exact) mass is 194 g/mol. The van der Waals surface area contributed by atoms with Crippen LogP contribution in [0, 0.1) is 5.92 Å². The Bertz CT molecular complexity index is 269. The van der Waals surface area contributed by atoms with Crippen LogP contribution in [0.4, 0.5) is 5.69 Å². The predicted molar refractivity (Wildman–Crippen MR) is 59.4 cm³/mol. The lowest BCUT2D eigenvalue weighted by Crippen LogP contribution is -2.33. The first-order chi connectivity index (χ1) is 6.63. The van der Waals surface area contributed by atoms with Gasteiger partial charge in [-0.25, -0.2) is 0 Å². The van der Waals surface area contributed by atoms with Crippen molar-refractivity contribution in [3.8, 4) is 5.75 Å². The number of rotatable bonds is 4. The molecule has 14 heavy (non-hydrogen) atoms. The Morgan fingerprint density at radius 1 is 1.29 bits per heavy atom. The third-order valence-electron chi connectivity index (χ3n) is 2.28. The fourth-order valence-corrected chi connectivity index (χ4v) is 1.27. The van der Waals surface area contributed by atoms with Gasteiger partial charge in [0.15, 0.2) is 0 Å². The maximum atomic E-state index is 9.10. The minimum atomic E-state index is 0.277. The van der Waals surface area contributed by atoms with E-state index in [0.29, 0.717) is 12.5 Å². The molecular formula is C11H18N2O. The summed E-state index contributed by atoms with van der Waals surface area (Å²) in [7, 11) is 0. The van der Waals surface area contributed by atoms with E-state index in [0.717, 1.165) is 5.69 Å². The van der Waals surface area contributed by atoms with Crippen LogP contribution in [0.25, 0.3) is 0 Å². The SMILES string of the molecule is CC(C)C(CN)Nc1ccc(O)cc1. The van der Waals surface area contributed by atoms with Crippen molar-refractivity contribution in [2.75, 3.05) is 11.9 Å². The van der Waals surface area contributed by atoms with E-state index in [-0.39, 0.29) is 11.8 Å². The molecule has 0 fully saturated rings. The van der Waals surface area contributed by atoms with Crippen molar-refractivity contribution in [3.63, 3.8) is 0 Å². The third-order valence-corrected chi connectivity index (χ3v) is 2.28. The molecule has 1 aromatic rings. The van der Waals surface area contributed by atoms with Gasteiger partial charge in [-0.1, -0.05) is 13.8 Å². The van der Waals surface area contributed by atoms with Gasteiger partial charge in [-0.05, 0) is 30.2 Å². The Labute approximate surface area is 84.9 Å². The zero-order valence-electron chi connectivity index (χ0n) is 8.70. The third kappa shape index (κ3) is 2.92. The van der Waals surface area contributed by atoms with Gasteiger partial charge in [0, 0.05) is 18.3 Å². The molecule has 0 heterocycles. The molecule has 0 radical (unpaired) electrons. The minimum Gasteiger partial charge on any atom is -0.508 e. The number of anilines is 1. The second-order valence-electron chi connectivity index (χ2n) is 3.78. The highest BCUT2D eigenvalue weighted by atomic mass is 16.3. The second-order valence-corrected chi connectivity index (χ2v) is 3.78. The van der Waals surface area contributed by atoms with Crippen molar-refractivity contribution in [1.82, 2.24) is 0 Å². The molecule has 0 saturated carbocycles. The van der Waals surface area contributed by atoms with Crippen LogP contribution in [0.5, 0.6) is 5.75 Å². The summed E-state index contributed by atoms with van der Waals surface area (Å²) in [4.78, 5) is 0. The van der Waals surface area contributed by atoms with E-state index in [1.54, 1.807) is 12.1 Å². The summed E-state index contributed by atoms with van der Waals surface area (Å²) in [5.74, 6) is 0.776. The molecule has 0 aliphatic heterocycles. The second kappa shape index (κ2) is 4.86. The van der Waals surface area contributed by atoms with Gasteiger partial charge in [0.05, 0.1) is 0 Å². The van der Waals surface area contributed by atoms with Gasteiger partial charge >= 0.3 is 0 Å². The van der Waals surface area contributed by atoms with Crippen molar-refractivity contribution in [1.29, 1.82) is 0 Å². The average molecular weight is 194 g/mol. The normalized spacial score (nSPS) is 12.9. The molecule has 1 aromatic carbocycles. The Morgan fingerprint density at radius 2 is 1.86 bits per heavy atom. The van der Waals surface area contributed by atoms with E-state index in [9.17, 15) is 0 Å². The van der Waals surface area contributed by atoms with Crippen LogP contribution in [0.1, 0.15) is 13.8 Å². The molecule has 0 aliphatic rings. The smallest absolute Gasteiger partial charge is 0.115 e. The van der Waals surface area contributed by atoms with Crippen molar-refractivity contribution in [2.24, 2.45) is 11.7 Å². The molecule has 0 aliphatic carbocycles.